The zero-order valence-corrected chi connectivity index (χ0v) is 15.9. The van der Waals surface area contributed by atoms with E-state index < -0.39 is 5.60 Å². The third-order valence-electron chi connectivity index (χ3n) is 4.66. The van der Waals surface area contributed by atoms with Gasteiger partial charge in [-0.1, -0.05) is 26.0 Å². The summed E-state index contributed by atoms with van der Waals surface area (Å²) in [4.78, 5) is 18.5. The van der Waals surface area contributed by atoms with Crippen LogP contribution in [0.4, 0.5) is 10.5 Å². The summed E-state index contributed by atoms with van der Waals surface area (Å²) in [6.45, 7) is 12.8. The molecule has 1 atom stereocenters. The second-order valence-corrected chi connectivity index (χ2v) is 8.41. The molecule has 1 aliphatic heterocycles. The van der Waals surface area contributed by atoms with Crippen LogP contribution in [0.2, 0.25) is 0 Å². The summed E-state index contributed by atoms with van der Waals surface area (Å²) in [5.74, 6) is 0. The van der Waals surface area contributed by atoms with Crippen molar-refractivity contribution in [2.75, 3.05) is 11.4 Å². The highest BCUT2D eigenvalue weighted by Crippen LogP contribution is 2.42. The van der Waals surface area contributed by atoms with Crippen molar-refractivity contribution in [3.8, 4) is 0 Å². The summed E-state index contributed by atoms with van der Waals surface area (Å²) in [6, 6.07) is 6.53. The van der Waals surface area contributed by atoms with Gasteiger partial charge in [-0.15, -0.1) is 0 Å². The lowest BCUT2D eigenvalue weighted by Crippen LogP contribution is -2.38. The fraction of sp³-hybridized carbons (Fsp3) is 0.500. The van der Waals surface area contributed by atoms with Crippen LogP contribution in [0.25, 0.3) is 0 Å². The number of carbonyl (C=O) groups excluding carboxylic acids is 1. The van der Waals surface area contributed by atoms with Gasteiger partial charge in [-0.25, -0.2) is 9.78 Å². The van der Waals surface area contributed by atoms with Crippen LogP contribution in [0.1, 0.15) is 58.7 Å². The number of rotatable bonds is 2. The number of benzene rings is 1. The molecule has 0 bridgehead atoms. The summed E-state index contributed by atoms with van der Waals surface area (Å²) < 4.78 is 7.66. The lowest BCUT2D eigenvalue weighted by molar-refractivity contribution is 0.0579. The van der Waals surface area contributed by atoms with E-state index in [1.165, 1.54) is 11.1 Å². The van der Waals surface area contributed by atoms with Crippen molar-refractivity contribution in [3.05, 3.63) is 48.0 Å². The Morgan fingerprint density at radius 2 is 2.04 bits per heavy atom. The summed E-state index contributed by atoms with van der Waals surface area (Å²) in [5.41, 5.74) is 2.72. The lowest BCUT2D eigenvalue weighted by atomic mass is 9.85. The van der Waals surface area contributed by atoms with Gasteiger partial charge in [-0.2, -0.15) is 0 Å². The van der Waals surface area contributed by atoms with Crippen LogP contribution in [-0.4, -0.2) is 27.8 Å². The first-order valence-corrected chi connectivity index (χ1v) is 8.71. The molecule has 0 spiro atoms. The van der Waals surface area contributed by atoms with E-state index in [-0.39, 0.29) is 17.6 Å². The fourth-order valence-electron chi connectivity index (χ4n) is 3.31. The number of imidazole rings is 1. The second-order valence-electron chi connectivity index (χ2n) is 8.41. The Hall–Kier alpha value is -2.30. The van der Waals surface area contributed by atoms with E-state index in [1.807, 2.05) is 39.4 Å². The Balaban J connectivity index is 1.94. The van der Waals surface area contributed by atoms with Crippen LogP contribution in [0.5, 0.6) is 0 Å². The standard InChI is InChI=1S/C20H27N3O2/c1-14(22-10-9-21-13-22)15-7-8-17-16(11-15)20(5,6)12-23(17)18(24)25-19(2,3)4/h7-11,13-14H,12H2,1-6H3. The normalized spacial score (nSPS) is 17.3. The molecule has 0 radical (unpaired) electrons. The maximum absolute atomic E-state index is 12.6. The highest BCUT2D eigenvalue weighted by molar-refractivity contribution is 5.91. The molecule has 1 aromatic heterocycles. The van der Waals surface area contributed by atoms with Crippen LogP contribution in [0.15, 0.2) is 36.9 Å². The molecular formula is C20H27N3O2. The van der Waals surface area contributed by atoms with E-state index in [9.17, 15) is 4.79 Å². The predicted molar refractivity (Wildman–Crippen MR) is 99.1 cm³/mol. The largest absolute Gasteiger partial charge is 0.443 e. The van der Waals surface area contributed by atoms with Crippen molar-refractivity contribution in [1.82, 2.24) is 9.55 Å². The Morgan fingerprint density at radius 3 is 2.64 bits per heavy atom. The fourth-order valence-corrected chi connectivity index (χ4v) is 3.31. The number of fused-ring (bicyclic) bond motifs is 1. The molecule has 2 aromatic rings. The first-order valence-electron chi connectivity index (χ1n) is 8.71. The molecule has 3 rings (SSSR count). The van der Waals surface area contributed by atoms with Gasteiger partial charge in [-0.05, 0) is 44.9 Å². The zero-order chi connectivity index (χ0) is 18.4. The topological polar surface area (TPSA) is 47.4 Å². The van der Waals surface area contributed by atoms with Gasteiger partial charge in [-0.3, -0.25) is 4.90 Å². The molecule has 1 unspecified atom stereocenters. The van der Waals surface area contributed by atoms with Gasteiger partial charge < -0.3 is 9.30 Å². The molecule has 2 heterocycles. The highest BCUT2D eigenvalue weighted by Gasteiger charge is 2.40. The number of aromatic nitrogens is 2. The van der Waals surface area contributed by atoms with Crippen LogP contribution in [0, 0.1) is 0 Å². The van der Waals surface area contributed by atoms with Crippen LogP contribution in [-0.2, 0) is 10.2 Å². The number of carbonyl (C=O) groups is 1. The molecule has 1 aromatic carbocycles. The minimum absolute atomic E-state index is 0.114. The van der Waals surface area contributed by atoms with Gasteiger partial charge in [0, 0.05) is 24.4 Å². The van der Waals surface area contributed by atoms with Crippen molar-refractivity contribution >= 4 is 11.8 Å². The Morgan fingerprint density at radius 1 is 1.32 bits per heavy atom. The van der Waals surface area contributed by atoms with E-state index >= 15 is 0 Å². The Kier molecular flexibility index (Phi) is 4.13. The molecule has 134 valence electrons. The minimum atomic E-state index is -0.500. The van der Waals surface area contributed by atoms with E-state index in [0.29, 0.717) is 6.54 Å². The summed E-state index contributed by atoms with van der Waals surface area (Å²) in [6.07, 6.45) is 5.30. The van der Waals surface area contributed by atoms with E-state index in [0.717, 1.165) is 5.69 Å². The van der Waals surface area contributed by atoms with Gasteiger partial charge in [0.2, 0.25) is 0 Å². The number of anilines is 1. The third kappa shape index (κ3) is 3.41. The maximum atomic E-state index is 12.6. The number of amides is 1. The van der Waals surface area contributed by atoms with Crippen molar-refractivity contribution in [1.29, 1.82) is 0 Å². The van der Waals surface area contributed by atoms with Crippen LogP contribution < -0.4 is 4.90 Å². The zero-order valence-electron chi connectivity index (χ0n) is 15.9. The van der Waals surface area contributed by atoms with Crippen LogP contribution >= 0.6 is 0 Å². The van der Waals surface area contributed by atoms with Gasteiger partial charge in [0.25, 0.3) is 0 Å². The third-order valence-corrected chi connectivity index (χ3v) is 4.66. The number of nitrogens with zero attached hydrogens (tertiary/aromatic N) is 3. The van der Waals surface area contributed by atoms with Crippen molar-refractivity contribution < 1.29 is 9.53 Å². The molecule has 5 heteroatoms. The minimum Gasteiger partial charge on any atom is -0.443 e. The molecule has 0 aliphatic carbocycles. The Bertz CT molecular complexity index is 773. The lowest BCUT2D eigenvalue weighted by Gasteiger charge is -2.26. The van der Waals surface area contributed by atoms with Crippen molar-refractivity contribution in [3.63, 3.8) is 0 Å². The number of ether oxygens (including phenoxy) is 1. The first-order chi connectivity index (χ1) is 11.6. The SMILES string of the molecule is CC(c1ccc2c(c1)C(C)(C)CN2C(=O)OC(C)(C)C)n1ccnc1. The molecule has 0 saturated carbocycles. The number of hydrogen-bond donors (Lipinski definition) is 0. The van der Waals surface area contributed by atoms with Crippen LogP contribution in [0.3, 0.4) is 0 Å². The number of hydrogen-bond acceptors (Lipinski definition) is 3. The van der Waals surface area contributed by atoms with Gasteiger partial charge in [0.15, 0.2) is 0 Å². The monoisotopic (exact) mass is 341 g/mol. The Labute approximate surface area is 149 Å². The quantitative estimate of drug-likeness (QED) is 0.806. The van der Waals surface area contributed by atoms with Gasteiger partial charge in [0.05, 0.1) is 18.1 Å². The predicted octanol–water partition coefficient (Wildman–Crippen LogP) is 4.53. The van der Waals surface area contributed by atoms with E-state index in [2.05, 4.69) is 42.5 Å². The molecule has 25 heavy (non-hydrogen) atoms. The molecular weight excluding hydrogens is 314 g/mol. The summed E-state index contributed by atoms with van der Waals surface area (Å²) in [7, 11) is 0. The summed E-state index contributed by atoms with van der Waals surface area (Å²) in [5, 5.41) is 0. The highest BCUT2D eigenvalue weighted by atomic mass is 16.6. The average Bonchev–Trinajstić information content (AvgIpc) is 3.11. The molecule has 0 saturated heterocycles. The van der Waals surface area contributed by atoms with E-state index in [4.69, 9.17) is 4.74 Å². The summed E-state index contributed by atoms with van der Waals surface area (Å²) >= 11 is 0. The molecule has 5 nitrogen and oxygen atoms in total. The molecule has 0 N–H and O–H groups in total. The average molecular weight is 341 g/mol. The molecule has 1 aliphatic rings. The van der Waals surface area contributed by atoms with E-state index in [1.54, 1.807) is 11.1 Å². The maximum Gasteiger partial charge on any atom is 0.414 e. The van der Waals surface area contributed by atoms with Crippen molar-refractivity contribution in [2.24, 2.45) is 0 Å². The second kappa shape index (κ2) is 5.90. The van der Waals surface area contributed by atoms with Gasteiger partial charge in [0.1, 0.15) is 5.60 Å². The first kappa shape index (κ1) is 17.5. The molecule has 0 fully saturated rings. The van der Waals surface area contributed by atoms with Gasteiger partial charge >= 0.3 is 6.09 Å². The molecule has 1 amide bonds. The van der Waals surface area contributed by atoms with Crippen molar-refractivity contribution in [2.45, 2.75) is 58.6 Å². The smallest absolute Gasteiger partial charge is 0.414 e.